The Hall–Kier alpha value is -2.28. The minimum atomic E-state index is -0.263. The van der Waals surface area contributed by atoms with Crippen LogP contribution < -0.4 is 14.8 Å². The lowest BCUT2D eigenvalue weighted by atomic mass is 10.0. The molecule has 1 N–H and O–H groups in total. The van der Waals surface area contributed by atoms with Crippen molar-refractivity contribution in [3.63, 3.8) is 0 Å². The number of nitrogens with zero attached hydrogens (tertiary/aromatic N) is 1. The van der Waals surface area contributed by atoms with Gasteiger partial charge in [-0.2, -0.15) is 0 Å². The molecule has 0 spiro atoms. The number of benzene rings is 1. The largest absolute Gasteiger partial charge is 0.493 e. The van der Waals surface area contributed by atoms with Crippen LogP contribution in [-0.4, -0.2) is 62.8 Å². The molecule has 2 aliphatic rings. The molecule has 1 unspecified atom stereocenters. The Labute approximate surface area is 160 Å². The number of methoxy groups -OCH3 is 2. The summed E-state index contributed by atoms with van der Waals surface area (Å²) < 4.78 is 16.0. The van der Waals surface area contributed by atoms with Crippen molar-refractivity contribution in [1.29, 1.82) is 0 Å². The van der Waals surface area contributed by atoms with Crippen LogP contribution in [0.3, 0.4) is 0 Å². The molecule has 0 radical (unpaired) electrons. The van der Waals surface area contributed by atoms with Crippen LogP contribution in [0.25, 0.3) is 0 Å². The summed E-state index contributed by atoms with van der Waals surface area (Å²) in [4.78, 5) is 26.6. The number of rotatable bonds is 6. The lowest BCUT2D eigenvalue weighted by Gasteiger charge is -2.33. The van der Waals surface area contributed by atoms with Gasteiger partial charge in [-0.05, 0) is 43.4 Å². The first-order valence-electron chi connectivity index (χ1n) is 9.51. The van der Waals surface area contributed by atoms with Crippen molar-refractivity contribution in [2.75, 3.05) is 33.9 Å². The van der Waals surface area contributed by atoms with E-state index in [-0.39, 0.29) is 30.4 Å². The minimum Gasteiger partial charge on any atom is -0.493 e. The van der Waals surface area contributed by atoms with E-state index in [1.165, 1.54) is 0 Å². The molecule has 0 saturated carbocycles. The molecule has 0 aliphatic carbocycles. The molecule has 27 heavy (non-hydrogen) atoms. The van der Waals surface area contributed by atoms with Crippen LogP contribution in [0.15, 0.2) is 18.2 Å². The number of amides is 2. The molecule has 2 amide bonds. The number of carbonyl (C=O) groups excluding carboxylic acids is 2. The Bertz CT molecular complexity index is 664. The van der Waals surface area contributed by atoms with Gasteiger partial charge in [0.1, 0.15) is 6.10 Å². The molecule has 1 aromatic carbocycles. The molecule has 2 fully saturated rings. The topological polar surface area (TPSA) is 77.1 Å². The maximum atomic E-state index is 12.4. The van der Waals surface area contributed by atoms with Crippen molar-refractivity contribution in [3.8, 4) is 11.5 Å². The van der Waals surface area contributed by atoms with Crippen molar-refractivity contribution in [1.82, 2.24) is 10.2 Å². The summed E-state index contributed by atoms with van der Waals surface area (Å²) in [6.45, 7) is 2.01. The van der Waals surface area contributed by atoms with Gasteiger partial charge in [-0.1, -0.05) is 6.07 Å². The molecule has 2 heterocycles. The summed E-state index contributed by atoms with van der Waals surface area (Å²) in [5.41, 5.74) is 0.871. The molecule has 3 rings (SSSR count). The Morgan fingerprint density at radius 3 is 2.52 bits per heavy atom. The number of hydrogen-bond donors (Lipinski definition) is 1. The third-order valence-corrected chi connectivity index (χ3v) is 5.19. The second kappa shape index (κ2) is 9.08. The van der Waals surface area contributed by atoms with Gasteiger partial charge in [-0.15, -0.1) is 0 Å². The van der Waals surface area contributed by atoms with Gasteiger partial charge in [0.05, 0.1) is 20.6 Å². The van der Waals surface area contributed by atoms with E-state index >= 15 is 0 Å². The number of ether oxygens (including phenoxy) is 3. The Balaban J connectivity index is 1.46. The maximum absolute atomic E-state index is 12.4. The second-order valence-electron chi connectivity index (χ2n) is 7.03. The van der Waals surface area contributed by atoms with Gasteiger partial charge in [-0.3, -0.25) is 9.59 Å². The van der Waals surface area contributed by atoms with Crippen LogP contribution in [0.5, 0.6) is 11.5 Å². The van der Waals surface area contributed by atoms with Crippen LogP contribution in [0.1, 0.15) is 31.2 Å². The quantitative estimate of drug-likeness (QED) is 0.815. The highest BCUT2D eigenvalue weighted by Crippen LogP contribution is 2.27. The molecule has 1 aromatic rings. The summed E-state index contributed by atoms with van der Waals surface area (Å²) >= 11 is 0. The average molecular weight is 376 g/mol. The summed E-state index contributed by atoms with van der Waals surface area (Å²) in [6, 6.07) is 5.59. The van der Waals surface area contributed by atoms with E-state index in [0.717, 1.165) is 31.2 Å². The van der Waals surface area contributed by atoms with E-state index in [2.05, 4.69) is 5.32 Å². The fourth-order valence-electron chi connectivity index (χ4n) is 3.67. The lowest BCUT2D eigenvalue weighted by molar-refractivity contribution is -0.142. The molecule has 1 atom stereocenters. The summed E-state index contributed by atoms with van der Waals surface area (Å²) in [5, 5.41) is 3.08. The molecule has 7 nitrogen and oxygen atoms in total. The third-order valence-electron chi connectivity index (χ3n) is 5.19. The predicted octanol–water partition coefficient (Wildman–Crippen LogP) is 1.53. The van der Waals surface area contributed by atoms with Gasteiger partial charge in [0.25, 0.3) is 5.91 Å². The molecule has 0 aromatic heterocycles. The molecular formula is C20H28N2O5. The molecule has 2 aliphatic heterocycles. The normalized spacial score (nSPS) is 20.4. The molecular weight excluding hydrogens is 348 g/mol. The number of carbonyl (C=O) groups is 2. The number of piperidine rings is 1. The van der Waals surface area contributed by atoms with Crippen LogP contribution in [0.2, 0.25) is 0 Å². The van der Waals surface area contributed by atoms with Crippen LogP contribution >= 0.6 is 0 Å². The number of nitrogens with one attached hydrogen (secondary N) is 1. The first kappa shape index (κ1) is 19.5. The van der Waals surface area contributed by atoms with Crippen molar-refractivity contribution < 1.29 is 23.8 Å². The fourth-order valence-corrected chi connectivity index (χ4v) is 3.67. The standard InChI is InChI=1S/C20H28N2O5/c1-25-16-6-5-14(12-18(16)26-2)13-19(23)21-15-7-9-22(10-8-15)20(24)17-4-3-11-27-17/h5-6,12,15,17H,3-4,7-11,13H2,1-2H3,(H,21,23). The highest BCUT2D eigenvalue weighted by atomic mass is 16.5. The van der Waals surface area contributed by atoms with Gasteiger partial charge in [0.15, 0.2) is 11.5 Å². The SMILES string of the molecule is COc1ccc(CC(=O)NC2CCN(C(=O)C3CCCO3)CC2)cc1OC. The smallest absolute Gasteiger partial charge is 0.251 e. The van der Waals surface area contributed by atoms with Crippen molar-refractivity contribution in [2.45, 2.75) is 44.2 Å². The lowest BCUT2D eigenvalue weighted by Crippen LogP contribution is -2.49. The fraction of sp³-hybridized carbons (Fsp3) is 0.600. The van der Waals surface area contributed by atoms with Gasteiger partial charge in [0, 0.05) is 25.7 Å². The Kier molecular flexibility index (Phi) is 6.55. The zero-order valence-corrected chi connectivity index (χ0v) is 16.0. The van der Waals surface area contributed by atoms with Gasteiger partial charge in [-0.25, -0.2) is 0 Å². The maximum Gasteiger partial charge on any atom is 0.251 e. The zero-order chi connectivity index (χ0) is 19.2. The second-order valence-corrected chi connectivity index (χ2v) is 7.03. The van der Waals surface area contributed by atoms with Crippen molar-refractivity contribution >= 4 is 11.8 Å². The molecule has 148 valence electrons. The van der Waals surface area contributed by atoms with Crippen LogP contribution in [-0.2, 0) is 20.7 Å². The Morgan fingerprint density at radius 2 is 1.89 bits per heavy atom. The molecule has 2 saturated heterocycles. The van der Waals surface area contributed by atoms with Gasteiger partial charge < -0.3 is 24.4 Å². The third kappa shape index (κ3) is 4.91. The summed E-state index contributed by atoms with van der Waals surface area (Å²) in [7, 11) is 3.16. The predicted molar refractivity (Wildman–Crippen MR) is 100.0 cm³/mol. The van der Waals surface area contributed by atoms with Crippen LogP contribution in [0, 0.1) is 0 Å². The van der Waals surface area contributed by atoms with E-state index in [1.54, 1.807) is 20.3 Å². The van der Waals surface area contributed by atoms with E-state index in [0.29, 0.717) is 31.2 Å². The van der Waals surface area contributed by atoms with Gasteiger partial charge >= 0.3 is 0 Å². The summed E-state index contributed by atoms with van der Waals surface area (Å²) in [6.07, 6.45) is 3.35. The number of hydrogen-bond acceptors (Lipinski definition) is 5. The van der Waals surface area contributed by atoms with Crippen molar-refractivity contribution in [2.24, 2.45) is 0 Å². The van der Waals surface area contributed by atoms with E-state index in [4.69, 9.17) is 14.2 Å². The first-order valence-corrected chi connectivity index (χ1v) is 9.51. The highest BCUT2D eigenvalue weighted by molar-refractivity contribution is 5.81. The highest BCUT2D eigenvalue weighted by Gasteiger charge is 2.31. The van der Waals surface area contributed by atoms with Gasteiger partial charge in [0.2, 0.25) is 5.91 Å². The Morgan fingerprint density at radius 1 is 1.15 bits per heavy atom. The van der Waals surface area contributed by atoms with Crippen molar-refractivity contribution in [3.05, 3.63) is 23.8 Å². The monoisotopic (exact) mass is 376 g/mol. The summed E-state index contributed by atoms with van der Waals surface area (Å²) in [5.74, 6) is 1.34. The van der Waals surface area contributed by atoms with E-state index < -0.39 is 0 Å². The van der Waals surface area contributed by atoms with E-state index in [1.807, 2.05) is 17.0 Å². The average Bonchev–Trinajstić information content (AvgIpc) is 3.22. The first-order chi connectivity index (χ1) is 13.1. The van der Waals surface area contributed by atoms with Crippen LogP contribution in [0.4, 0.5) is 0 Å². The minimum absolute atomic E-state index is 0.0221. The molecule has 7 heteroatoms. The molecule has 0 bridgehead atoms. The van der Waals surface area contributed by atoms with E-state index in [9.17, 15) is 9.59 Å². The zero-order valence-electron chi connectivity index (χ0n) is 16.0. The number of likely N-dealkylation sites (tertiary alicyclic amines) is 1.